The summed E-state index contributed by atoms with van der Waals surface area (Å²) < 4.78 is 0. The van der Waals surface area contributed by atoms with Crippen LogP contribution in [0.1, 0.15) is 30.5 Å². The molecule has 2 aromatic rings. The minimum absolute atomic E-state index is 0.584. The molecule has 0 saturated heterocycles. The second kappa shape index (κ2) is 7.61. The van der Waals surface area contributed by atoms with Gasteiger partial charge in [0, 0.05) is 16.4 Å². The van der Waals surface area contributed by atoms with Gasteiger partial charge in [-0.05, 0) is 60.8 Å². The van der Waals surface area contributed by atoms with E-state index in [1.165, 1.54) is 11.1 Å². The van der Waals surface area contributed by atoms with E-state index in [9.17, 15) is 0 Å². The van der Waals surface area contributed by atoms with Gasteiger partial charge in [-0.1, -0.05) is 49.7 Å². The SMILES string of the molecule is CCc1cccc(CC)c1NC(=S)Nc1cc(Cl)ccc1C. The van der Waals surface area contributed by atoms with Crippen molar-refractivity contribution >= 4 is 40.3 Å². The number of hydrogen-bond acceptors (Lipinski definition) is 1. The number of aryl methyl sites for hydroxylation is 3. The van der Waals surface area contributed by atoms with Crippen LogP contribution in [0.3, 0.4) is 0 Å². The molecule has 4 heteroatoms. The largest absolute Gasteiger partial charge is 0.332 e. The summed E-state index contributed by atoms with van der Waals surface area (Å²) >= 11 is 11.5. The zero-order valence-corrected chi connectivity index (χ0v) is 14.7. The monoisotopic (exact) mass is 332 g/mol. The summed E-state index contributed by atoms with van der Waals surface area (Å²) in [7, 11) is 0. The van der Waals surface area contributed by atoms with E-state index in [1.54, 1.807) is 0 Å². The highest BCUT2D eigenvalue weighted by molar-refractivity contribution is 7.80. The Kier molecular flexibility index (Phi) is 5.81. The van der Waals surface area contributed by atoms with Crippen LogP contribution < -0.4 is 10.6 Å². The Morgan fingerprint density at radius 3 is 2.27 bits per heavy atom. The molecule has 0 unspecified atom stereocenters. The highest BCUT2D eigenvalue weighted by atomic mass is 35.5. The molecule has 0 aliphatic carbocycles. The maximum absolute atomic E-state index is 6.05. The van der Waals surface area contributed by atoms with Gasteiger partial charge in [-0.25, -0.2) is 0 Å². The molecule has 2 N–H and O–H groups in total. The molecule has 0 spiro atoms. The van der Waals surface area contributed by atoms with Crippen molar-refractivity contribution in [3.63, 3.8) is 0 Å². The molecule has 0 bridgehead atoms. The third-order valence-electron chi connectivity index (χ3n) is 3.69. The fourth-order valence-electron chi connectivity index (χ4n) is 2.40. The van der Waals surface area contributed by atoms with Crippen LogP contribution in [0.25, 0.3) is 0 Å². The highest BCUT2D eigenvalue weighted by Gasteiger charge is 2.09. The lowest BCUT2D eigenvalue weighted by molar-refractivity contribution is 1.09. The van der Waals surface area contributed by atoms with Crippen LogP contribution in [0.15, 0.2) is 36.4 Å². The van der Waals surface area contributed by atoms with E-state index >= 15 is 0 Å². The molecule has 116 valence electrons. The first-order valence-corrected chi connectivity index (χ1v) is 8.28. The van der Waals surface area contributed by atoms with Crippen LogP contribution in [0.2, 0.25) is 5.02 Å². The van der Waals surface area contributed by atoms with Crippen molar-refractivity contribution in [3.05, 3.63) is 58.1 Å². The molecule has 0 fully saturated rings. The second-order valence-electron chi connectivity index (χ2n) is 5.20. The van der Waals surface area contributed by atoms with Gasteiger partial charge in [0.15, 0.2) is 5.11 Å². The third-order valence-corrected chi connectivity index (χ3v) is 4.12. The molecule has 0 radical (unpaired) electrons. The van der Waals surface area contributed by atoms with Gasteiger partial charge in [0.05, 0.1) is 0 Å². The zero-order chi connectivity index (χ0) is 16.1. The molecule has 0 aliphatic rings. The van der Waals surface area contributed by atoms with Gasteiger partial charge in [0.2, 0.25) is 0 Å². The Morgan fingerprint density at radius 2 is 1.68 bits per heavy atom. The minimum atomic E-state index is 0.584. The number of benzene rings is 2. The Morgan fingerprint density at radius 1 is 1.05 bits per heavy atom. The van der Waals surface area contributed by atoms with Gasteiger partial charge in [-0.3, -0.25) is 0 Å². The molecule has 0 aromatic heterocycles. The van der Waals surface area contributed by atoms with Crippen LogP contribution in [-0.2, 0) is 12.8 Å². The quantitative estimate of drug-likeness (QED) is 0.714. The zero-order valence-electron chi connectivity index (χ0n) is 13.2. The normalized spacial score (nSPS) is 10.4. The van der Waals surface area contributed by atoms with Crippen LogP contribution in [0.5, 0.6) is 0 Å². The van der Waals surface area contributed by atoms with Crippen molar-refractivity contribution in [1.29, 1.82) is 0 Å². The van der Waals surface area contributed by atoms with E-state index in [0.29, 0.717) is 10.1 Å². The average molecular weight is 333 g/mol. The predicted octanol–water partition coefficient (Wildman–Crippen LogP) is 5.58. The van der Waals surface area contributed by atoms with Crippen LogP contribution in [-0.4, -0.2) is 5.11 Å². The van der Waals surface area contributed by atoms with Crippen LogP contribution >= 0.6 is 23.8 Å². The summed E-state index contributed by atoms with van der Waals surface area (Å²) in [5.41, 5.74) is 5.69. The lowest BCUT2D eigenvalue weighted by Gasteiger charge is -2.17. The van der Waals surface area contributed by atoms with Crippen molar-refractivity contribution < 1.29 is 0 Å². The standard InChI is InChI=1S/C18H21ClN2S/c1-4-13-7-6-8-14(5-2)17(13)21-18(22)20-16-11-15(19)10-9-12(16)3/h6-11H,4-5H2,1-3H3,(H2,20,21,22). The molecule has 0 saturated carbocycles. The lowest BCUT2D eigenvalue weighted by atomic mass is 10.0. The molecule has 22 heavy (non-hydrogen) atoms. The van der Waals surface area contributed by atoms with E-state index in [-0.39, 0.29) is 0 Å². The van der Waals surface area contributed by atoms with Gasteiger partial charge in [-0.15, -0.1) is 0 Å². The van der Waals surface area contributed by atoms with Crippen molar-refractivity contribution in [3.8, 4) is 0 Å². The summed E-state index contributed by atoms with van der Waals surface area (Å²) in [5, 5.41) is 7.87. The third kappa shape index (κ3) is 3.99. The van der Waals surface area contributed by atoms with Gasteiger partial charge >= 0.3 is 0 Å². The highest BCUT2D eigenvalue weighted by Crippen LogP contribution is 2.24. The molecule has 2 rings (SSSR count). The molecular formula is C18H21ClN2S. The van der Waals surface area contributed by atoms with Crippen LogP contribution in [0.4, 0.5) is 11.4 Å². The fourth-order valence-corrected chi connectivity index (χ4v) is 2.78. The summed E-state index contributed by atoms with van der Waals surface area (Å²) in [4.78, 5) is 0. The summed E-state index contributed by atoms with van der Waals surface area (Å²) in [6.07, 6.45) is 1.93. The first-order valence-electron chi connectivity index (χ1n) is 7.50. The van der Waals surface area contributed by atoms with Crippen molar-refractivity contribution in [1.82, 2.24) is 0 Å². The van der Waals surface area contributed by atoms with E-state index < -0.39 is 0 Å². The number of thiocarbonyl (C=S) groups is 1. The minimum Gasteiger partial charge on any atom is -0.332 e. The number of para-hydroxylation sites is 1. The first kappa shape index (κ1) is 16.8. The molecule has 0 heterocycles. The number of hydrogen-bond donors (Lipinski definition) is 2. The van der Waals surface area contributed by atoms with Gasteiger partial charge < -0.3 is 10.6 Å². The van der Waals surface area contributed by atoms with Gasteiger partial charge in [0.25, 0.3) is 0 Å². The molecule has 2 aromatic carbocycles. The van der Waals surface area contributed by atoms with Crippen molar-refractivity contribution in [2.24, 2.45) is 0 Å². The number of nitrogens with one attached hydrogen (secondary N) is 2. The summed E-state index contributed by atoms with van der Waals surface area (Å²) in [5.74, 6) is 0. The maximum Gasteiger partial charge on any atom is 0.175 e. The second-order valence-corrected chi connectivity index (χ2v) is 6.04. The summed E-state index contributed by atoms with van der Waals surface area (Å²) in [6.45, 7) is 6.33. The maximum atomic E-state index is 6.05. The van der Waals surface area contributed by atoms with E-state index in [0.717, 1.165) is 29.8 Å². The van der Waals surface area contributed by atoms with E-state index in [4.69, 9.17) is 23.8 Å². The van der Waals surface area contributed by atoms with E-state index in [2.05, 4.69) is 42.7 Å². The average Bonchev–Trinajstić information content (AvgIpc) is 2.51. The smallest absolute Gasteiger partial charge is 0.175 e. The van der Waals surface area contributed by atoms with Crippen LogP contribution in [0, 0.1) is 6.92 Å². The first-order chi connectivity index (χ1) is 10.5. The Bertz CT molecular complexity index is 661. The predicted molar refractivity (Wildman–Crippen MR) is 101 cm³/mol. The molecule has 0 amide bonds. The molecule has 2 nitrogen and oxygen atoms in total. The number of anilines is 2. The number of rotatable bonds is 4. The molecule has 0 aliphatic heterocycles. The Balaban J connectivity index is 2.20. The van der Waals surface area contributed by atoms with Crippen molar-refractivity contribution in [2.75, 3.05) is 10.6 Å². The van der Waals surface area contributed by atoms with Crippen molar-refractivity contribution in [2.45, 2.75) is 33.6 Å². The Hall–Kier alpha value is -1.58. The topological polar surface area (TPSA) is 24.1 Å². The molecular weight excluding hydrogens is 312 g/mol. The number of halogens is 1. The molecule has 0 atom stereocenters. The summed E-state index contributed by atoms with van der Waals surface area (Å²) in [6, 6.07) is 12.1. The van der Waals surface area contributed by atoms with E-state index in [1.807, 2.05) is 25.1 Å². The Labute approximate surface area is 142 Å². The lowest BCUT2D eigenvalue weighted by Crippen LogP contribution is -2.21. The fraction of sp³-hybridized carbons (Fsp3) is 0.278. The van der Waals surface area contributed by atoms with Gasteiger partial charge in [-0.2, -0.15) is 0 Å². The van der Waals surface area contributed by atoms with Gasteiger partial charge in [0.1, 0.15) is 0 Å².